The molecule has 1 amide bonds. The number of para-hydroxylation sites is 2. The monoisotopic (exact) mass is 618 g/mol. The maximum absolute atomic E-state index is 15.2. The summed E-state index contributed by atoms with van der Waals surface area (Å²) in [4.78, 5) is 32.8. The lowest BCUT2D eigenvalue weighted by molar-refractivity contribution is 0.0697. The average molecular weight is 618 g/mol. The standard InChI is InChI=1S/C26H21F2IN4O4/c1-14-12-15(29)6-7-18(14)30-23-17(25(35)36)13-16(21(27)22(23)28)24(34)32-8-10-33(11-9-32)26-31-19-4-2-3-5-20(19)37-26/h2-7,12-13,30H,8-11H2,1H3,(H,35,36). The highest BCUT2D eigenvalue weighted by Crippen LogP contribution is 2.32. The predicted octanol–water partition coefficient (Wildman–Crippen LogP) is 5.42. The number of carboxylic acid groups (broad SMARTS) is 1. The molecule has 190 valence electrons. The lowest BCUT2D eigenvalue weighted by atomic mass is 10.0. The van der Waals surface area contributed by atoms with Gasteiger partial charge in [-0.05, 0) is 71.5 Å². The first-order valence-electron chi connectivity index (χ1n) is 11.4. The second-order valence-corrected chi connectivity index (χ2v) is 9.85. The molecule has 0 saturated carbocycles. The second kappa shape index (κ2) is 9.96. The van der Waals surface area contributed by atoms with Crippen molar-refractivity contribution >= 4 is 63.0 Å². The normalized spacial score (nSPS) is 13.7. The molecule has 0 radical (unpaired) electrons. The molecule has 2 heterocycles. The SMILES string of the molecule is Cc1cc(I)ccc1Nc1c(C(=O)O)cc(C(=O)N2CCN(c3nc4ccccc4o3)CC2)c(F)c1F. The van der Waals surface area contributed by atoms with E-state index in [9.17, 15) is 14.7 Å². The molecule has 1 fully saturated rings. The van der Waals surface area contributed by atoms with Crippen LogP contribution in [0, 0.1) is 22.1 Å². The number of nitrogens with one attached hydrogen (secondary N) is 1. The van der Waals surface area contributed by atoms with E-state index in [0.717, 1.165) is 15.2 Å². The Morgan fingerprint density at radius 2 is 1.76 bits per heavy atom. The fourth-order valence-corrected chi connectivity index (χ4v) is 4.89. The number of rotatable bonds is 5. The maximum atomic E-state index is 15.2. The van der Waals surface area contributed by atoms with Crippen LogP contribution >= 0.6 is 22.6 Å². The Morgan fingerprint density at radius 1 is 1.03 bits per heavy atom. The van der Waals surface area contributed by atoms with E-state index in [2.05, 4.69) is 32.9 Å². The van der Waals surface area contributed by atoms with Crippen LogP contribution in [0.15, 0.2) is 52.9 Å². The number of hydrogen-bond acceptors (Lipinski definition) is 6. The number of nitrogens with zero attached hydrogens (tertiary/aromatic N) is 3. The number of amides is 1. The summed E-state index contributed by atoms with van der Waals surface area (Å²) in [5, 5.41) is 12.4. The molecular weight excluding hydrogens is 597 g/mol. The fourth-order valence-electron chi connectivity index (χ4n) is 4.24. The summed E-state index contributed by atoms with van der Waals surface area (Å²) >= 11 is 2.11. The Hall–Kier alpha value is -3.74. The highest BCUT2D eigenvalue weighted by Gasteiger charge is 2.30. The number of halogens is 3. The van der Waals surface area contributed by atoms with Crippen molar-refractivity contribution in [3.63, 3.8) is 0 Å². The lowest BCUT2D eigenvalue weighted by Gasteiger charge is -2.34. The van der Waals surface area contributed by atoms with Gasteiger partial charge in [-0.2, -0.15) is 4.98 Å². The van der Waals surface area contributed by atoms with Crippen LogP contribution in [0.4, 0.5) is 26.2 Å². The van der Waals surface area contributed by atoms with Crippen LogP contribution in [-0.2, 0) is 0 Å². The van der Waals surface area contributed by atoms with Crippen molar-refractivity contribution in [2.45, 2.75) is 6.92 Å². The van der Waals surface area contributed by atoms with E-state index >= 15 is 8.78 Å². The number of carbonyl (C=O) groups is 2. The Balaban J connectivity index is 1.38. The van der Waals surface area contributed by atoms with Gasteiger partial charge in [0, 0.05) is 35.4 Å². The number of benzene rings is 3. The first-order chi connectivity index (χ1) is 17.7. The summed E-state index contributed by atoms with van der Waals surface area (Å²) < 4.78 is 37.0. The number of carbonyl (C=O) groups excluding carboxylic acids is 1. The van der Waals surface area contributed by atoms with E-state index in [-0.39, 0.29) is 13.1 Å². The van der Waals surface area contributed by atoms with Crippen LogP contribution in [0.2, 0.25) is 0 Å². The van der Waals surface area contributed by atoms with Gasteiger partial charge >= 0.3 is 5.97 Å². The number of hydrogen-bond donors (Lipinski definition) is 2. The predicted molar refractivity (Wildman–Crippen MR) is 143 cm³/mol. The average Bonchev–Trinajstić information content (AvgIpc) is 3.32. The fraction of sp³-hybridized carbons (Fsp3) is 0.192. The van der Waals surface area contributed by atoms with E-state index in [1.807, 2.05) is 29.2 Å². The molecular formula is C26H21F2IN4O4. The number of piperazine rings is 1. The molecule has 0 spiro atoms. The zero-order valence-corrected chi connectivity index (χ0v) is 21.8. The molecule has 5 rings (SSSR count). The zero-order chi connectivity index (χ0) is 26.3. The molecule has 1 aliphatic rings. The zero-order valence-electron chi connectivity index (χ0n) is 19.6. The molecule has 2 N–H and O–H groups in total. The van der Waals surface area contributed by atoms with E-state index in [1.165, 1.54) is 4.90 Å². The molecule has 0 aliphatic carbocycles. The van der Waals surface area contributed by atoms with Gasteiger partial charge in [0.25, 0.3) is 11.9 Å². The maximum Gasteiger partial charge on any atom is 0.337 e. The van der Waals surface area contributed by atoms with Gasteiger partial charge in [0.2, 0.25) is 0 Å². The highest BCUT2D eigenvalue weighted by molar-refractivity contribution is 14.1. The lowest BCUT2D eigenvalue weighted by Crippen LogP contribution is -2.49. The molecule has 1 aliphatic heterocycles. The third-order valence-corrected chi connectivity index (χ3v) is 6.91. The summed E-state index contributed by atoms with van der Waals surface area (Å²) in [5.74, 6) is -5.10. The van der Waals surface area contributed by atoms with Gasteiger partial charge in [-0.3, -0.25) is 4.79 Å². The van der Waals surface area contributed by atoms with Crippen LogP contribution < -0.4 is 10.2 Å². The topological polar surface area (TPSA) is 98.9 Å². The minimum Gasteiger partial charge on any atom is -0.478 e. The number of anilines is 3. The molecule has 37 heavy (non-hydrogen) atoms. The van der Waals surface area contributed by atoms with E-state index in [0.29, 0.717) is 35.9 Å². The number of carboxylic acids is 1. The number of fused-ring (bicyclic) bond motifs is 1. The molecule has 4 aromatic rings. The van der Waals surface area contributed by atoms with Gasteiger partial charge in [0.05, 0.1) is 16.8 Å². The molecule has 1 aromatic heterocycles. The Morgan fingerprint density at radius 3 is 2.43 bits per heavy atom. The first-order valence-corrected chi connectivity index (χ1v) is 12.5. The largest absolute Gasteiger partial charge is 0.478 e. The molecule has 1 saturated heterocycles. The number of aromatic carboxylic acids is 1. The van der Waals surface area contributed by atoms with Gasteiger partial charge in [-0.15, -0.1) is 0 Å². The van der Waals surface area contributed by atoms with Crippen molar-refractivity contribution in [1.29, 1.82) is 0 Å². The van der Waals surface area contributed by atoms with Gasteiger partial charge in [-0.25, -0.2) is 13.6 Å². The second-order valence-electron chi connectivity index (χ2n) is 8.61. The number of oxazole rings is 1. The number of aromatic nitrogens is 1. The van der Waals surface area contributed by atoms with Gasteiger partial charge in [-0.1, -0.05) is 12.1 Å². The molecule has 8 nitrogen and oxygen atoms in total. The number of aryl methyl sites for hydroxylation is 1. The first kappa shape index (κ1) is 24.9. The van der Waals surface area contributed by atoms with Crippen LogP contribution in [0.3, 0.4) is 0 Å². The summed E-state index contributed by atoms with van der Waals surface area (Å²) in [7, 11) is 0. The van der Waals surface area contributed by atoms with Crippen molar-refractivity contribution < 1.29 is 27.9 Å². The Labute approximate surface area is 224 Å². The minimum absolute atomic E-state index is 0.197. The molecule has 0 unspecified atom stereocenters. The highest BCUT2D eigenvalue weighted by atomic mass is 127. The molecule has 0 bridgehead atoms. The molecule has 3 aromatic carbocycles. The van der Waals surface area contributed by atoms with Crippen molar-refractivity contribution in [3.05, 3.63) is 80.4 Å². The van der Waals surface area contributed by atoms with Gasteiger partial charge in [0.15, 0.2) is 17.2 Å². The molecule has 11 heteroatoms. The third kappa shape index (κ3) is 4.82. The Bertz CT molecular complexity index is 1500. The van der Waals surface area contributed by atoms with Crippen molar-refractivity contribution in [2.24, 2.45) is 0 Å². The smallest absolute Gasteiger partial charge is 0.337 e. The van der Waals surface area contributed by atoms with Crippen LogP contribution in [0.25, 0.3) is 11.1 Å². The van der Waals surface area contributed by atoms with Crippen LogP contribution in [-0.4, -0.2) is 53.0 Å². The van der Waals surface area contributed by atoms with Gasteiger partial charge in [0.1, 0.15) is 5.52 Å². The van der Waals surface area contributed by atoms with Crippen molar-refractivity contribution in [3.8, 4) is 0 Å². The quantitative estimate of drug-likeness (QED) is 0.288. The van der Waals surface area contributed by atoms with Crippen LogP contribution in [0.1, 0.15) is 26.3 Å². The summed E-state index contributed by atoms with van der Waals surface area (Å²) in [6, 6.07) is 13.9. The molecule has 0 atom stereocenters. The van der Waals surface area contributed by atoms with Crippen LogP contribution in [0.5, 0.6) is 0 Å². The van der Waals surface area contributed by atoms with E-state index in [1.54, 1.807) is 25.1 Å². The minimum atomic E-state index is -1.49. The van der Waals surface area contributed by atoms with Gasteiger partial charge < -0.3 is 24.6 Å². The Kier molecular flexibility index (Phi) is 6.71. The van der Waals surface area contributed by atoms with Crippen molar-refractivity contribution in [2.75, 3.05) is 36.4 Å². The summed E-state index contributed by atoms with van der Waals surface area (Å²) in [5.41, 5.74) is 0.801. The summed E-state index contributed by atoms with van der Waals surface area (Å²) in [6.45, 7) is 2.88. The summed E-state index contributed by atoms with van der Waals surface area (Å²) in [6.07, 6.45) is 0. The third-order valence-electron chi connectivity index (χ3n) is 6.24. The van der Waals surface area contributed by atoms with E-state index < -0.39 is 40.3 Å². The van der Waals surface area contributed by atoms with Crippen molar-refractivity contribution in [1.82, 2.24) is 9.88 Å². The van der Waals surface area contributed by atoms with E-state index in [4.69, 9.17) is 4.42 Å².